The number of nitrogens with two attached hydrogens (primary N) is 2. The molecule has 0 heterocycles. The second kappa shape index (κ2) is 5.32. The van der Waals surface area contributed by atoms with E-state index < -0.39 is 17.5 Å². The van der Waals surface area contributed by atoms with Gasteiger partial charge in [-0.3, -0.25) is 9.59 Å². The number of rotatable bonds is 3. The monoisotopic (exact) mass is 235 g/mol. The van der Waals surface area contributed by atoms with Crippen molar-refractivity contribution in [3.63, 3.8) is 0 Å². The van der Waals surface area contributed by atoms with Gasteiger partial charge in [0.15, 0.2) is 0 Å². The summed E-state index contributed by atoms with van der Waals surface area (Å²) in [6.45, 7) is 1.58. The van der Waals surface area contributed by atoms with Crippen LogP contribution in [0.4, 0.5) is 0 Å². The summed E-state index contributed by atoms with van der Waals surface area (Å²) >= 11 is 0. The number of primary amides is 1. The summed E-state index contributed by atoms with van der Waals surface area (Å²) < 4.78 is 0. The average Bonchev–Trinajstić information content (AvgIpc) is 2.53. The van der Waals surface area contributed by atoms with E-state index in [4.69, 9.17) is 11.5 Å². The molecule has 6 heteroatoms. The lowest BCUT2D eigenvalue weighted by atomic mass is 9.96. The van der Waals surface area contributed by atoms with Gasteiger partial charge in [-0.2, -0.15) is 0 Å². The Bertz CT molecular complexity index is 250. The Morgan fingerprint density at radius 1 is 1.33 bits per heavy atom. The number of hydrogen-bond acceptors (Lipinski definition) is 3. The van der Waals surface area contributed by atoms with E-state index in [9.17, 15) is 9.59 Å². The molecule has 0 bridgehead atoms. The molecule has 0 aromatic rings. The van der Waals surface area contributed by atoms with Crippen LogP contribution in [0, 0.1) is 0 Å². The SMILES string of the molecule is CC(N)C(=O)NC1(C(N)=O)CCCC1.Cl. The van der Waals surface area contributed by atoms with Gasteiger partial charge in [-0.25, -0.2) is 0 Å². The summed E-state index contributed by atoms with van der Waals surface area (Å²) in [4.78, 5) is 22.6. The molecular formula is C9H18ClN3O2. The molecule has 0 saturated heterocycles. The van der Waals surface area contributed by atoms with Gasteiger partial charge in [-0.1, -0.05) is 12.8 Å². The van der Waals surface area contributed by atoms with Crippen molar-refractivity contribution in [1.29, 1.82) is 0 Å². The molecule has 0 aliphatic heterocycles. The second-order valence-corrected chi connectivity index (χ2v) is 3.93. The Balaban J connectivity index is 0.00000196. The minimum atomic E-state index is -0.843. The molecule has 1 unspecified atom stereocenters. The van der Waals surface area contributed by atoms with E-state index >= 15 is 0 Å². The maximum absolute atomic E-state index is 11.4. The maximum atomic E-state index is 11.4. The highest BCUT2D eigenvalue weighted by Crippen LogP contribution is 2.29. The highest BCUT2D eigenvalue weighted by molar-refractivity contribution is 5.92. The van der Waals surface area contributed by atoms with E-state index in [1.165, 1.54) is 0 Å². The summed E-state index contributed by atoms with van der Waals surface area (Å²) in [5.41, 5.74) is 9.85. The first-order valence-electron chi connectivity index (χ1n) is 4.85. The first-order valence-corrected chi connectivity index (χ1v) is 4.85. The largest absolute Gasteiger partial charge is 0.368 e. The minimum absolute atomic E-state index is 0. The summed E-state index contributed by atoms with van der Waals surface area (Å²) in [5, 5.41) is 2.65. The van der Waals surface area contributed by atoms with Crippen molar-refractivity contribution in [3.8, 4) is 0 Å². The van der Waals surface area contributed by atoms with Crippen LogP contribution in [0.25, 0.3) is 0 Å². The highest BCUT2D eigenvalue weighted by Gasteiger charge is 2.41. The summed E-state index contributed by atoms with van der Waals surface area (Å²) in [5.74, 6) is -0.769. The third-order valence-corrected chi connectivity index (χ3v) is 2.70. The zero-order valence-electron chi connectivity index (χ0n) is 8.79. The van der Waals surface area contributed by atoms with Crippen LogP contribution in [0.5, 0.6) is 0 Å². The molecule has 5 nitrogen and oxygen atoms in total. The first kappa shape index (κ1) is 14.2. The molecule has 1 fully saturated rings. The molecule has 0 aromatic heterocycles. The molecule has 5 N–H and O–H groups in total. The van der Waals surface area contributed by atoms with Crippen LogP contribution < -0.4 is 16.8 Å². The van der Waals surface area contributed by atoms with Crippen LogP contribution in [0.15, 0.2) is 0 Å². The van der Waals surface area contributed by atoms with Crippen molar-refractivity contribution in [2.75, 3.05) is 0 Å². The van der Waals surface area contributed by atoms with Crippen molar-refractivity contribution in [1.82, 2.24) is 5.32 Å². The van der Waals surface area contributed by atoms with Gasteiger partial charge in [0, 0.05) is 0 Å². The van der Waals surface area contributed by atoms with E-state index in [-0.39, 0.29) is 18.3 Å². The lowest BCUT2D eigenvalue weighted by molar-refractivity contribution is -0.131. The number of carbonyl (C=O) groups excluding carboxylic acids is 2. The zero-order valence-corrected chi connectivity index (χ0v) is 9.60. The van der Waals surface area contributed by atoms with Crippen LogP contribution in [0.1, 0.15) is 32.6 Å². The van der Waals surface area contributed by atoms with E-state index in [1.54, 1.807) is 6.92 Å². The lowest BCUT2D eigenvalue weighted by Crippen LogP contribution is -2.58. The van der Waals surface area contributed by atoms with Gasteiger partial charge in [0.25, 0.3) is 0 Å². The number of amides is 2. The Labute approximate surface area is 95.4 Å². The normalized spacial score (nSPS) is 20.1. The Kier molecular flexibility index (Phi) is 5.03. The van der Waals surface area contributed by atoms with Gasteiger partial charge in [-0.15, -0.1) is 12.4 Å². The van der Waals surface area contributed by atoms with Crippen molar-refractivity contribution in [2.24, 2.45) is 11.5 Å². The van der Waals surface area contributed by atoms with Gasteiger partial charge < -0.3 is 16.8 Å². The molecule has 0 radical (unpaired) electrons. The van der Waals surface area contributed by atoms with E-state index in [1.807, 2.05) is 0 Å². The van der Waals surface area contributed by atoms with Crippen molar-refractivity contribution >= 4 is 24.2 Å². The highest BCUT2D eigenvalue weighted by atomic mass is 35.5. The molecular weight excluding hydrogens is 218 g/mol. The molecule has 2 amide bonds. The number of carbonyl (C=O) groups is 2. The number of hydrogen-bond donors (Lipinski definition) is 3. The quantitative estimate of drug-likeness (QED) is 0.625. The van der Waals surface area contributed by atoms with Crippen LogP contribution in [-0.4, -0.2) is 23.4 Å². The first-order chi connectivity index (χ1) is 6.48. The standard InChI is InChI=1S/C9H17N3O2.ClH/c1-6(10)7(13)12-9(8(11)14)4-2-3-5-9;/h6H,2-5,10H2,1H3,(H2,11,14)(H,12,13);1H. The third kappa shape index (κ3) is 3.07. The van der Waals surface area contributed by atoms with Crippen molar-refractivity contribution < 1.29 is 9.59 Å². The van der Waals surface area contributed by atoms with Crippen LogP contribution in [-0.2, 0) is 9.59 Å². The molecule has 15 heavy (non-hydrogen) atoms. The van der Waals surface area contributed by atoms with Gasteiger partial charge in [0.1, 0.15) is 5.54 Å². The van der Waals surface area contributed by atoms with Gasteiger partial charge in [0.2, 0.25) is 11.8 Å². The predicted molar refractivity (Wildman–Crippen MR) is 59.4 cm³/mol. The van der Waals surface area contributed by atoms with Crippen LogP contribution >= 0.6 is 12.4 Å². The minimum Gasteiger partial charge on any atom is -0.368 e. The molecule has 1 aliphatic rings. The zero-order chi connectivity index (χ0) is 10.8. The van der Waals surface area contributed by atoms with E-state index in [0.717, 1.165) is 12.8 Å². The van der Waals surface area contributed by atoms with Crippen molar-refractivity contribution in [3.05, 3.63) is 0 Å². The third-order valence-electron chi connectivity index (χ3n) is 2.70. The topological polar surface area (TPSA) is 98.2 Å². The Hall–Kier alpha value is -0.810. The fraction of sp³-hybridized carbons (Fsp3) is 0.778. The van der Waals surface area contributed by atoms with Gasteiger partial charge in [-0.05, 0) is 19.8 Å². The smallest absolute Gasteiger partial charge is 0.243 e. The summed E-state index contributed by atoms with van der Waals surface area (Å²) in [6.07, 6.45) is 3.09. The summed E-state index contributed by atoms with van der Waals surface area (Å²) in [7, 11) is 0. The molecule has 1 rings (SSSR count). The fourth-order valence-electron chi connectivity index (χ4n) is 1.76. The Morgan fingerprint density at radius 2 is 1.80 bits per heavy atom. The van der Waals surface area contributed by atoms with Crippen LogP contribution in [0.2, 0.25) is 0 Å². The lowest BCUT2D eigenvalue weighted by Gasteiger charge is -2.27. The van der Waals surface area contributed by atoms with Gasteiger partial charge >= 0.3 is 0 Å². The Morgan fingerprint density at radius 3 is 2.13 bits per heavy atom. The van der Waals surface area contributed by atoms with E-state index in [0.29, 0.717) is 12.8 Å². The molecule has 0 spiro atoms. The maximum Gasteiger partial charge on any atom is 0.243 e. The number of halogens is 1. The van der Waals surface area contributed by atoms with E-state index in [2.05, 4.69) is 5.32 Å². The predicted octanol–water partition coefficient (Wildman–Crippen LogP) is -0.330. The molecule has 1 saturated carbocycles. The summed E-state index contributed by atoms with van der Waals surface area (Å²) in [6, 6.07) is -0.605. The van der Waals surface area contributed by atoms with Gasteiger partial charge in [0.05, 0.1) is 6.04 Å². The van der Waals surface area contributed by atoms with Crippen LogP contribution in [0.3, 0.4) is 0 Å². The number of nitrogens with one attached hydrogen (secondary N) is 1. The molecule has 1 atom stereocenters. The molecule has 0 aromatic carbocycles. The fourth-order valence-corrected chi connectivity index (χ4v) is 1.76. The second-order valence-electron chi connectivity index (χ2n) is 3.93. The average molecular weight is 236 g/mol. The molecule has 1 aliphatic carbocycles. The molecule has 88 valence electrons. The van der Waals surface area contributed by atoms with Crippen molar-refractivity contribution in [2.45, 2.75) is 44.2 Å².